The molecule has 0 aliphatic heterocycles. The van der Waals surface area contributed by atoms with Crippen molar-refractivity contribution in [2.75, 3.05) is 5.75 Å². The Balaban J connectivity index is 1.91. The van der Waals surface area contributed by atoms with E-state index < -0.39 is 11.9 Å². The summed E-state index contributed by atoms with van der Waals surface area (Å²) in [4.78, 5) is 29.3. The average Bonchev–Trinajstić information content (AvgIpc) is 2.82. The lowest BCUT2D eigenvalue weighted by Gasteiger charge is -2.32. The Hall–Kier alpha value is -3.12. The number of aryl methyl sites for hydroxylation is 1. The largest absolute Gasteiger partial charge is 0.352 e. The molecule has 0 heterocycles. The third kappa shape index (κ3) is 7.45. The van der Waals surface area contributed by atoms with Crippen molar-refractivity contribution in [3.05, 3.63) is 101 Å². The van der Waals surface area contributed by atoms with Gasteiger partial charge in [0.15, 0.2) is 0 Å². The zero-order chi connectivity index (χ0) is 24.5. The fourth-order valence-corrected chi connectivity index (χ4v) is 4.39. The summed E-state index contributed by atoms with van der Waals surface area (Å²) >= 11 is 1.41. The maximum Gasteiger partial charge on any atom is 0.243 e. The van der Waals surface area contributed by atoms with E-state index in [4.69, 9.17) is 0 Å². The van der Waals surface area contributed by atoms with Crippen LogP contribution in [0.3, 0.4) is 0 Å². The quantitative estimate of drug-likeness (QED) is 0.398. The minimum atomic E-state index is -0.768. The molecule has 0 fully saturated rings. The summed E-state index contributed by atoms with van der Waals surface area (Å²) in [7, 11) is 0. The molecule has 2 amide bonds. The molecule has 0 radical (unpaired) electrons. The van der Waals surface area contributed by atoms with Crippen LogP contribution in [0.2, 0.25) is 0 Å². The second-order valence-electron chi connectivity index (χ2n) is 8.58. The van der Waals surface area contributed by atoms with Crippen LogP contribution in [0, 0.1) is 12.7 Å². The van der Waals surface area contributed by atoms with Crippen LogP contribution in [0.25, 0.3) is 0 Å². The summed E-state index contributed by atoms with van der Waals surface area (Å²) in [5, 5.41) is 2.95. The lowest BCUT2D eigenvalue weighted by atomic mass is 10.0. The van der Waals surface area contributed by atoms with Crippen LogP contribution in [0.15, 0.2) is 83.8 Å². The van der Waals surface area contributed by atoms with Crippen LogP contribution in [0.1, 0.15) is 30.5 Å². The summed E-state index contributed by atoms with van der Waals surface area (Å²) in [5.74, 6) is -0.704. The Labute approximate surface area is 205 Å². The maximum atomic E-state index is 14.6. The minimum absolute atomic E-state index is 0.0168. The van der Waals surface area contributed by atoms with E-state index in [1.807, 2.05) is 75.4 Å². The third-order valence-corrected chi connectivity index (χ3v) is 6.38. The fraction of sp³-hybridized carbons (Fsp3) is 0.286. The van der Waals surface area contributed by atoms with Crippen molar-refractivity contribution in [2.45, 2.75) is 50.7 Å². The van der Waals surface area contributed by atoms with Crippen LogP contribution in [-0.4, -0.2) is 34.6 Å². The molecular weight excluding hydrogens is 447 g/mol. The Morgan fingerprint density at radius 1 is 0.941 bits per heavy atom. The number of benzene rings is 3. The summed E-state index contributed by atoms with van der Waals surface area (Å²) < 4.78 is 14.6. The first kappa shape index (κ1) is 25.5. The first-order chi connectivity index (χ1) is 16.3. The standard InChI is InChI=1S/C28H31FN2O2S/c1-20(2)30-28(33)26(17-22-9-5-4-6-10-22)31(18-23-11-7-8-12-25(23)29)27(32)19-34-24-15-13-21(3)14-16-24/h4-16,20,26H,17-19H2,1-3H3,(H,30,33)/t26-/m0/s1. The van der Waals surface area contributed by atoms with Crippen molar-refractivity contribution in [2.24, 2.45) is 0 Å². The SMILES string of the molecule is Cc1ccc(SCC(=O)N(Cc2ccccc2F)[C@@H](Cc2ccccc2)C(=O)NC(C)C)cc1. The number of nitrogens with one attached hydrogen (secondary N) is 1. The van der Waals surface area contributed by atoms with E-state index in [-0.39, 0.29) is 30.2 Å². The van der Waals surface area contributed by atoms with Crippen LogP contribution >= 0.6 is 11.8 Å². The van der Waals surface area contributed by atoms with Crippen molar-refractivity contribution in [1.82, 2.24) is 10.2 Å². The molecule has 0 bridgehead atoms. The van der Waals surface area contributed by atoms with E-state index in [0.29, 0.717) is 12.0 Å². The Morgan fingerprint density at radius 3 is 2.24 bits per heavy atom. The Morgan fingerprint density at radius 2 is 1.59 bits per heavy atom. The Bertz CT molecular complexity index is 1090. The van der Waals surface area contributed by atoms with E-state index in [1.165, 1.54) is 22.7 Å². The molecule has 6 heteroatoms. The van der Waals surface area contributed by atoms with Gasteiger partial charge in [-0.15, -0.1) is 11.8 Å². The number of amides is 2. The van der Waals surface area contributed by atoms with Gasteiger partial charge in [-0.05, 0) is 44.5 Å². The molecule has 0 saturated heterocycles. The third-order valence-electron chi connectivity index (χ3n) is 5.38. The van der Waals surface area contributed by atoms with Gasteiger partial charge in [-0.1, -0.05) is 66.2 Å². The van der Waals surface area contributed by atoms with Gasteiger partial charge in [0.05, 0.1) is 5.75 Å². The zero-order valence-electron chi connectivity index (χ0n) is 19.8. The number of carbonyl (C=O) groups is 2. The van der Waals surface area contributed by atoms with E-state index >= 15 is 0 Å². The molecule has 4 nitrogen and oxygen atoms in total. The average molecular weight is 479 g/mol. The number of hydrogen-bond donors (Lipinski definition) is 1. The van der Waals surface area contributed by atoms with E-state index in [1.54, 1.807) is 18.2 Å². The van der Waals surface area contributed by atoms with Gasteiger partial charge in [0.2, 0.25) is 11.8 Å². The topological polar surface area (TPSA) is 49.4 Å². The highest BCUT2D eigenvalue weighted by molar-refractivity contribution is 8.00. The second-order valence-corrected chi connectivity index (χ2v) is 9.63. The molecule has 0 spiro atoms. The first-order valence-corrected chi connectivity index (χ1v) is 12.4. The number of carbonyl (C=O) groups excluding carboxylic acids is 2. The first-order valence-electron chi connectivity index (χ1n) is 11.4. The van der Waals surface area contributed by atoms with Crippen molar-refractivity contribution in [3.63, 3.8) is 0 Å². The molecule has 3 aromatic carbocycles. The van der Waals surface area contributed by atoms with E-state index in [2.05, 4.69) is 5.32 Å². The molecule has 178 valence electrons. The number of rotatable bonds is 10. The molecule has 3 aromatic rings. The van der Waals surface area contributed by atoms with Crippen molar-refractivity contribution in [1.29, 1.82) is 0 Å². The van der Waals surface area contributed by atoms with E-state index in [9.17, 15) is 14.0 Å². The summed E-state index contributed by atoms with van der Waals surface area (Å²) in [5.41, 5.74) is 2.46. The van der Waals surface area contributed by atoms with E-state index in [0.717, 1.165) is 16.0 Å². The predicted octanol–water partition coefficient (Wildman–Crippen LogP) is 5.39. The van der Waals surface area contributed by atoms with Gasteiger partial charge in [0, 0.05) is 29.5 Å². The molecule has 0 unspecified atom stereocenters. The molecule has 34 heavy (non-hydrogen) atoms. The minimum Gasteiger partial charge on any atom is -0.352 e. The molecule has 0 aliphatic carbocycles. The monoisotopic (exact) mass is 478 g/mol. The van der Waals surface area contributed by atoms with Gasteiger partial charge in [-0.2, -0.15) is 0 Å². The van der Waals surface area contributed by atoms with Crippen LogP contribution in [0.4, 0.5) is 4.39 Å². The van der Waals surface area contributed by atoms with Crippen LogP contribution in [0.5, 0.6) is 0 Å². The molecular formula is C28H31FN2O2S. The highest BCUT2D eigenvalue weighted by Gasteiger charge is 2.31. The fourth-order valence-electron chi connectivity index (χ4n) is 3.61. The molecule has 0 saturated carbocycles. The summed E-state index contributed by atoms with van der Waals surface area (Å²) in [6, 6.07) is 23.1. The number of thioether (sulfide) groups is 1. The predicted molar refractivity (Wildman–Crippen MR) is 136 cm³/mol. The highest BCUT2D eigenvalue weighted by atomic mass is 32.2. The molecule has 1 N–H and O–H groups in total. The highest BCUT2D eigenvalue weighted by Crippen LogP contribution is 2.22. The molecule has 1 atom stereocenters. The molecule has 0 aromatic heterocycles. The lowest BCUT2D eigenvalue weighted by molar-refractivity contribution is -0.139. The smallest absolute Gasteiger partial charge is 0.243 e. The molecule has 3 rings (SSSR count). The second kappa shape index (κ2) is 12.4. The van der Waals surface area contributed by atoms with Crippen molar-refractivity contribution < 1.29 is 14.0 Å². The van der Waals surface area contributed by atoms with Gasteiger partial charge in [-0.3, -0.25) is 9.59 Å². The van der Waals surface area contributed by atoms with Gasteiger partial charge in [0.1, 0.15) is 11.9 Å². The summed E-state index contributed by atoms with van der Waals surface area (Å²) in [6.07, 6.45) is 0.342. The van der Waals surface area contributed by atoms with Gasteiger partial charge in [-0.25, -0.2) is 4.39 Å². The molecule has 0 aliphatic rings. The van der Waals surface area contributed by atoms with Gasteiger partial charge < -0.3 is 10.2 Å². The van der Waals surface area contributed by atoms with Crippen molar-refractivity contribution >= 4 is 23.6 Å². The van der Waals surface area contributed by atoms with Crippen molar-refractivity contribution in [3.8, 4) is 0 Å². The number of nitrogens with zero attached hydrogens (tertiary/aromatic N) is 1. The maximum absolute atomic E-state index is 14.6. The Kier molecular flexibility index (Phi) is 9.28. The lowest BCUT2D eigenvalue weighted by Crippen LogP contribution is -2.52. The zero-order valence-corrected chi connectivity index (χ0v) is 20.6. The number of halogens is 1. The van der Waals surface area contributed by atoms with Gasteiger partial charge in [0.25, 0.3) is 0 Å². The normalized spacial score (nSPS) is 11.8. The van der Waals surface area contributed by atoms with Crippen LogP contribution in [-0.2, 0) is 22.6 Å². The van der Waals surface area contributed by atoms with Gasteiger partial charge >= 0.3 is 0 Å². The summed E-state index contributed by atoms with van der Waals surface area (Å²) in [6.45, 7) is 5.79. The number of hydrogen-bond acceptors (Lipinski definition) is 3. The van der Waals surface area contributed by atoms with Crippen LogP contribution < -0.4 is 5.32 Å².